The summed E-state index contributed by atoms with van der Waals surface area (Å²) >= 11 is 6.07. The van der Waals surface area contributed by atoms with Crippen molar-refractivity contribution in [3.8, 4) is 0 Å². The number of ether oxygens (including phenoxy) is 1. The summed E-state index contributed by atoms with van der Waals surface area (Å²) in [7, 11) is 0. The van der Waals surface area contributed by atoms with E-state index >= 15 is 0 Å². The van der Waals surface area contributed by atoms with Crippen molar-refractivity contribution in [3.63, 3.8) is 0 Å². The lowest BCUT2D eigenvalue weighted by atomic mass is 9.94. The molecule has 2 rings (SSSR count). The minimum absolute atomic E-state index is 0.124. The second-order valence-corrected chi connectivity index (χ2v) is 6.87. The van der Waals surface area contributed by atoms with Crippen LogP contribution in [-0.2, 0) is 4.74 Å². The fourth-order valence-electron chi connectivity index (χ4n) is 2.54. The van der Waals surface area contributed by atoms with Crippen molar-refractivity contribution in [3.05, 3.63) is 28.8 Å². The standard InChI is InChI=1S/C17H24ClN3O4/c1-11(2)25-15(22)12-4-5-13(18)14(8-12)21-16(23)20-10-17(24)6-3-7-19-9-17/h4-5,8,11,19,24H,3,6-7,9-10H2,1-2H3,(H2,20,21,23)/t17-/m1/s1. The van der Waals surface area contributed by atoms with E-state index in [9.17, 15) is 14.7 Å². The third-order valence-electron chi connectivity index (χ3n) is 3.82. The fourth-order valence-corrected chi connectivity index (χ4v) is 2.71. The molecule has 1 atom stereocenters. The normalized spacial score (nSPS) is 20.2. The van der Waals surface area contributed by atoms with Crippen molar-refractivity contribution in [1.82, 2.24) is 10.6 Å². The van der Waals surface area contributed by atoms with Crippen molar-refractivity contribution in [2.75, 3.05) is 25.0 Å². The Morgan fingerprint density at radius 3 is 2.84 bits per heavy atom. The molecule has 2 amide bonds. The molecule has 0 bridgehead atoms. The molecule has 1 aliphatic rings. The summed E-state index contributed by atoms with van der Waals surface area (Å²) < 4.78 is 5.13. The average Bonchev–Trinajstić information content (AvgIpc) is 2.55. The maximum Gasteiger partial charge on any atom is 0.338 e. The molecule has 25 heavy (non-hydrogen) atoms. The van der Waals surface area contributed by atoms with E-state index in [-0.39, 0.29) is 12.6 Å². The summed E-state index contributed by atoms with van der Waals surface area (Å²) in [5.74, 6) is -0.488. The molecule has 0 aliphatic carbocycles. The van der Waals surface area contributed by atoms with Crippen molar-refractivity contribution >= 4 is 29.3 Å². The van der Waals surface area contributed by atoms with Gasteiger partial charge in [-0.3, -0.25) is 0 Å². The van der Waals surface area contributed by atoms with Crippen LogP contribution in [0.1, 0.15) is 37.0 Å². The molecule has 0 unspecified atom stereocenters. The number of halogens is 1. The van der Waals surface area contributed by atoms with Crippen LogP contribution >= 0.6 is 11.6 Å². The highest BCUT2D eigenvalue weighted by Crippen LogP contribution is 2.24. The van der Waals surface area contributed by atoms with E-state index in [2.05, 4.69) is 16.0 Å². The van der Waals surface area contributed by atoms with Gasteiger partial charge in [-0.15, -0.1) is 0 Å². The Kier molecular flexibility index (Phi) is 6.64. The number of hydrogen-bond acceptors (Lipinski definition) is 5. The van der Waals surface area contributed by atoms with Gasteiger partial charge >= 0.3 is 12.0 Å². The van der Waals surface area contributed by atoms with Crippen LogP contribution < -0.4 is 16.0 Å². The minimum atomic E-state index is -0.956. The van der Waals surface area contributed by atoms with Crippen LogP contribution in [-0.4, -0.2) is 48.4 Å². The van der Waals surface area contributed by atoms with E-state index in [1.54, 1.807) is 13.8 Å². The van der Waals surface area contributed by atoms with Gasteiger partial charge in [0.25, 0.3) is 0 Å². The van der Waals surface area contributed by atoms with Gasteiger partial charge in [-0.25, -0.2) is 9.59 Å². The lowest BCUT2D eigenvalue weighted by molar-refractivity contribution is 0.0198. The summed E-state index contributed by atoms with van der Waals surface area (Å²) in [5.41, 5.74) is -0.364. The molecule has 1 aliphatic heterocycles. The summed E-state index contributed by atoms with van der Waals surface area (Å²) in [4.78, 5) is 24.0. The Balaban J connectivity index is 1.96. The Bertz CT molecular complexity index is 630. The molecule has 138 valence electrons. The number of piperidine rings is 1. The molecule has 0 radical (unpaired) electrons. The smallest absolute Gasteiger partial charge is 0.338 e. The summed E-state index contributed by atoms with van der Waals surface area (Å²) in [5, 5.41) is 19.0. The van der Waals surface area contributed by atoms with Crippen LogP contribution in [0.3, 0.4) is 0 Å². The molecular weight excluding hydrogens is 346 g/mol. The third-order valence-corrected chi connectivity index (χ3v) is 4.15. The van der Waals surface area contributed by atoms with Crippen molar-refractivity contribution in [2.24, 2.45) is 0 Å². The van der Waals surface area contributed by atoms with Gasteiger partial charge in [-0.2, -0.15) is 0 Å². The van der Waals surface area contributed by atoms with Crippen LogP contribution in [0, 0.1) is 0 Å². The first-order valence-electron chi connectivity index (χ1n) is 8.27. The summed E-state index contributed by atoms with van der Waals surface area (Å²) in [6, 6.07) is 4.01. The topological polar surface area (TPSA) is 99.7 Å². The van der Waals surface area contributed by atoms with Gasteiger partial charge in [0.05, 0.1) is 28.0 Å². The van der Waals surface area contributed by atoms with Crippen molar-refractivity contribution in [2.45, 2.75) is 38.4 Å². The van der Waals surface area contributed by atoms with E-state index in [1.807, 2.05) is 0 Å². The molecule has 8 heteroatoms. The van der Waals surface area contributed by atoms with Gasteiger partial charge in [0.2, 0.25) is 0 Å². The number of aliphatic hydroxyl groups is 1. The van der Waals surface area contributed by atoms with Crippen LogP contribution in [0.25, 0.3) is 0 Å². The van der Waals surface area contributed by atoms with Crippen LogP contribution in [0.2, 0.25) is 5.02 Å². The largest absolute Gasteiger partial charge is 0.459 e. The molecule has 1 aromatic rings. The highest BCUT2D eigenvalue weighted by Gasteiger charge is 2.29. The second-order valence-electron chi connectivity index (χ2n) is 6.46. The van der Waals surface area contributed by atoms with E-state index in [0.29, 0.717) is 29.2 Å². The number of hydrogen-bond donors (Lipinski definition) is 4. The van der Waals surface area contributed by atoms with Gasteiger partial charge in [-0.1, -0.05) is 11.6 Å². The van der Waals surface area contributed by atoms with E-state index < -0.39 is 17.6 Å². The molecule has 4 N–H and O–H groups in total. The SMILES string of the molecule is CC(C)OC(=O)c1ccc(Cl)c(NC(=O)NC[C@@]2(O)CCCNC2)c1. The van der Waals surface area contributed by atoms with Crippen molar-refractivity contribution < 1.29 is 19.4 Å². The molecule has 1 fully saturated rings. The Morgan fingerprint density at radius 1 is 1.44 bits per heavy atom. The van der Waals surface area contributed by atoms with Gasteiger partial charge in [-0.05, 0) is 51.4 Å². The van der Waals surface area contributed by atoms with Gasteiger partial charge in [0, 0.05) is 13.1 Å². The summed E-state index contributed by atoms with van der Waals surface area (Å²) in [6.07, 6.45) is 1.23. The predicted molar refractivity (Wildman–Crippen MR) is 96.1 cm³/mol. The average molecular weight is 370 g/mol. The van der Waals surface area contributed by atoms with Gasteiger partial charge in [0.1, 0.15) is 0 Å². The molecule has 7 nitrogen and oxygen atoms in total. The number of carbonyl (C=O) groups is 2. The van der Waals surface area contributed by atoms with E-state index in [1.165, 1.54) is 18.2 Å². The number of carbonyl (C=O) groups excluding carboxylic acids is 2. The number of esters is 1. The maximum atomic E-state index is 12.1. The first-order valence-corrected chi connectivity index (χ1v) is 8.65. The lowest BCUT2D eigenvalue weighted by Gasteiger charge is -2.32. The monoisotopic (exact) mass is 369 g/mol. The molecule has 0 spiro atoms. The number of β-amino-alcohol motifs (C(OH)–C–C–N with tert-alkyl or cyclic N) is 1. The first-order chi connectivity index (χ1) is 11.8. The highest BCUT2D eigenvalue weighted by atomic mass is 35.5. The molecular formula is C17H24ClN3O4. The maximum absolute atomic E-state index is 12.1. The number of amides is 2. The van der Waals surface area contributed by atoms with E-state index in [0.717, 1.165) is 13.0 Å². The number of urea groups is 1. The van der Waals surface area contributed by atoms with Crippen LogP contribution in [0.15, 0.2) is 18.2 Å². The number of nitrogens with one attached hydrogen (secondary N) is 3. The Hall–Kier alpha value is -1.83. The zero-order valence-electron chi connectivity index (χ0n) is 14.4. The molecule has 0 aromatic heterocycles. The van der Waals surface area contributed by atoms with Crippen LogP contribution in [0.5, 0.6) is 0 Å². The van der Waals surface area contributed by atoms with Gasteiger partial charge in [0.15, 0.2) is 0 Å². The lowest BCUT2D eigenvalue weighted by Crippen LogP contribution is -2.53. The highest BCUT2D eigenvalue weighted by molar-refractivity contribution is 6.33. The first kappa shape index (κ1) is 19.5. The van der Waals surface area contributed by atoms with Crippen molar-refractivity contribution in [1.29, 1.82) is 0 Å². The molecule has 1 saturated heterocycles. The zero-order valence-corrected chi connectivity index (χ0v) is 15.2. The Labute approximate surface area is 152 Å². The predicted octanol–water partition coefficient (Wildman–Crippen LogP) is 2.14. The molecule has 0 saturated carbocycles. The molecule has 1 aromatic carbocycles. The summed E-state index contributed by atoms with van der Waals surface area (Å²) in [6.45, 7) is 4.93. The third kappa shape index (κ3) is 5.88. The minimum Gasteiger partial charge on any atom is -0.459 e. The van der Waals surface area contributed by atoms with E-state index in [4.69, 9.17) is 16.3 Å². The van der Waals surface area contributed by atoms with Crippen LogP contribution in [0.4, 0.5) is 10.5 Å². The molecule has 1 heterocycles. The number of anilines is 1. The Morgan fingerprint density at radius 2 is 2.20 bits per heavy atom. The number of rotatable bonds is 5. The zero-order chi connectivity index (χ0) is 18.4. The van der Waals surface area contributed by atoms with Gasteiger partial charge < -0.3 is 25.8 Å². The second kappa shape index (κ2) is 8.51. The quantitative estimate of drug-likeness (QED) is 0.596. The number of benzene rings is 1. The fraction of sp³-hybridized carbons (Fsp3) is 0.529.